The summed E-state index contributed by atoms with van der Waals surface area (Å²) in [5.74, 6) is -6.26. The molecule has 1 aromatic carbocycles. The smallest absolute Gasteiger partial charge is 0.311 e. The number of anilines is 1. The van der Waals surface area contributed by atoms with E-state index in [9.17, 15) is 42.0 Å². The van der Waals surface area contributed by atoms with Crippen molar-refractivity contribution in [2.75, 3.05) is 256 Å². The molecule has 0 radical (unpaired) electrons. The van der Waals surface area contributed by atoms with E-state index < -0.39 is 99.7 Å². The molecule has 0 aliphatic carbocycles. The van der Waals surface area contributed by atoms with Gasteiger partial charge in [-0.05, 0) is 69.7 Å². The van der Waals surface area contributed by atoms with Crippen LogP contribution in [0.1, 0.15) is 71.9 Å². The van der Waals surface area contributed by atoms with Gasteiger partial charge in [0, 0.05) is 50.3 Å². The lowest BCUT2D eigenvalue weighted by Gasteiger charge is -2.26. The first-order valence-electron chi connectivity index (χ1n) is 35.7. The first-order valence-corrected chi connectivity index (χ1v) is 37.3. The van der Waals surface area contributed by atoms with Crippen molar-refractivity contribution in [1.82, 2.24) is 15.1 Å². The van der Waals surface area contributed by atoms with Crippen LogP contribution in [0.3, 0.4) is 0 Å². The van der Waals surface area contributed by atoms with Crippen LogP contribution in [-0.2, 0) is 147 Å². The van der Waals surface area contributed by atoms with Gasteiger partial charge in [-0.25, -0.2) is 0 Å². The maximum atomic E-state index is 13.8. The van der Waals surface area contributed by atoms with Crippen molar-refractivity contribution in [2.45, 2.75) is 92.0 Å². The molecule has 2 aliphatic rings. The first kappa shape index (κ1) is 93.0. The number of imide groups is 1. The summed E-state index contributed by atoms with van der Waals surface area (Å²) >= 11 is 0. The van der Waals surface area contributed by atoms with E-state index in [1.807, 2.05) is 0 Å². The van der Waals surface area contributed by atoms with Gasteiger partial charge in [0.15, 0.2) is 5.78 Å². The van der Waals surface area contributed by atoms with Gasteiger partial charge in [-0.15, -0.1) is 0 Å². The minimum absolute atomic E-state index is 0.000980. The van der Waals surface area contributed by atoms with Crippen LogP contribution in [0.4, 0.5) is 5.69 Å². The minimum atomic E-state index is -4.36. The van der Waals surface area contributed by atoms with Gasteiger partial charge in [0.25, 0.3) is 21.9 Å². The van der Waals surface area contributed by atoms with E-state index >= 15 is 0 Å². The molecule has 1 fully saturated rings. The van der Waals surface area contributed by atoms with Crippen LogP contribution < -0.4 is 10.6 Å². The quantitative estimate of drug-likeness (QED) is 0.0364. The molecule has 4 atom stereocenters. The zero-order valence-electron chi connectivity index (χ0n) is 62.2. The van der Waals surface area contributed by atoms with Crippen molar-refractivity contribution >= 4 is 57.1 Å². The minimum Gasteiger partial charge on any atom is -0.460 e. The van der Waals surface area contributed by atoms with Crippen LogP contribution in [0.25, 0.3) is 0 Å². The number of Topliss-reactive ketones (excluding diaryl/α,β-unsaturated/α-hetero) is 1. The summed E-state index contributed by atoms with van der Waals surface area (Å²) in [5.41, 5.74) is 1.22. The summed E-state index contributed by atoms with van der Waals surface area (Å²) in [6, 6.07) is 2.01. The number of carbonyl (C=O) groups excluding carboxylic acids is 7. The number of nitrogens with zero attached hydrogens (tertiary/aromatic N) is 2. The molecule has 2 heterocycles. The summed E-state index contributed by atoms with van der Waals surface area (Å²) in [7, 11) is -2.72. The Bertz CT molecular complexity index is 2650. The number of ketones is 1. The molecule has 1 saturated heterocycles. The van der Waals surface area contributed by atoms with E-state index in [0.717, 1.165) is 33.1 Å². The normalized spacial score (nSPS) is 15.5. The van der Waals surface area contributed by atoms with Gasteiger partial charge in [0.2, 0.25) is 17.7 Å². The zero-order chi connectivity index (χ0) is 75.9. The summed E-state index contributed by atoms with van der Waals surface area (Å²) in [4.78, 5) is 94.3. The van der Waals surface area contributed by atoms with Gasteiger partial charge in [0.1, 0.15) is 18.7 Å². The van der Waals surface area contributed by atoms with Crippen molar-refractivity contribution < 1.29 is 137 Å². The van der Waals surface area contributed by atoms with Gasteiger partial charge in [0.05, 0.1) is 248 Å². The highest BCUT2D eigenvalue weighted by molar-refractivity contribution is 7.85. The Morgan fingerprint density at radius 1 is 0.529 bits per heavy atom. The molecule has 0 bridgehead atoms. The van der Waals surface area contributed by atoms with Gasteiger partial charge in [-0.1, -0.05) is 19.9 Å². The Morgan fingerprint density at radius 3 is 1.28 bits per heavy atom. The number of likely N-dealkylation sites (tertiary alicyclic amines) is 1. The second-order valence-electron chi connectivity index (χ2n) is 25.1. The number of hydrogen-bond acceptors (Lipinski definition) is 28. The monoisotopic (exact) mass is 1510 g/mol. The molecule has 0 aromatic heterocycles. The van der Waals surface area contributed by atoms with Crippen molar-refractivity contribution in [1.29, 1.82) is 0 Å². The molecule has 1 aromatic rings. The summed E-state index contributed by atoms with van der Waals surface area (Å²) in [5, 5.41) is 5.54. The number of nitrogens with one attached hydrogen (secondary N) is 2. The molecule has 598 valence electrons. The average Bonchev–Trinajstić information content (AvgIpc) is 1.63. The molecule has 104 heavy (non-hydrogen) atoms. The van der Waals surface area contributed by atoms with E-state index in [4.69, 9.17) is 94.6 Å². The molecule has 2 aliphatic heterocycles. The molecule has 0 spiro atoms. The fourth-order valence-corrected chi connectivity index (χ4v) is 9.98. The van der Waals surface area contributed by atoms with Crippen LogP contribution >= 0.6 is 0 Å². The fourth-order valence-electron chi connectivity index (χ4n) is 9.65. The number of ether oxygens (including phenoxy) is 19. The lowest BCUT2D eigenvalue weighted by atomic mass is 9.89. The van der Waals surface area contributed by atoms with E-state index in [2.05, 4.69) is 10.6 Å². The lowest BCUT2D eigenvalue weighted by molar-refractivity contribution is -0.154. The van der Waals surface area contributed by atoms with Gasteiger partial charge in [-0.2, -0.15) is 8.42 Å². The molecular formula is C70H118N4O29S. The standard InChI is InChI=1S/C70H118N4O29S/c1-55(2)62(51-61(75)52-73-60(54-102-47-48-104(82,83)84)50-63(68(73)80)74-64(76)12-13-65(74)77)67(79)71-56(3)66(78)72-59-11-10-58(53-103-69(81)70(4,5)6)57(49-59)9-8-14-86-17-18-88-21-22-90-25-26-92-29-30-94-33-34-96-37-38-98-41-42-100-45-46-101-44-43-99-40-39-97-36-35-95-32-31-93-28-27-91-24-23-89-20-19-87-16-15-85-7/h10-13,49,55-56,60,62-63H,8-9,14-48,50-54H2,1-7H3,(H,71,79)(H,72,78)(H,82,83,84)/t56-,60-,62-,63-/m0/s1. The number of carbonyl (C=O) groups is 7. The molecule has 33 nitrogen and oxygen atoms in total. The number of esters is 1. The third-order valence-electron chi connectivity index (χ3n) is 15.3. The maximum Gasteiger partial charge on any atom is 0.311 e. The van der Waals surface area contributed by atoms with E-state index in [-0.39, 0.29) is 32.0 Å². The number of aryl methyl sites for hydroxylation is 1. The van der Waals surface area contributed by atoms with Gasteiger partial charge in [-0.3, -0.25) is 43.0 Å². The molecule has 0 unspecified atom stereocenters. The predicted molar refractivity (Wildman–Crippen MR) is 375 cm³/mol. The Morgan fingerprint density at radius 2 is 0.913 bits per heavy atom. The van der Waals surface area contributed by atoms with Crippen LogP contribution in [-0.4, -0.2) is 333 Å². The van der Waals surface area contributed by atoms with Gasteiger partial charge >= 0.3 is 5.97 Å². The van der Waals surface area contributed by atoms with Crippen molar-refractivity contribution in [3.05, 3.63) is 41.5 Å². The van der Waals surface area contributed by atoms with Crippen LogP contribution in [0.5, 0.6) is 0 Å². The third-order valence-corrected chi connectivity index (χ3v) is 16.0. The topological polar surface area (TPSA) is 380 Å². The Kier molecular flexibility index (Phi) is 51.8. The summed E-state index contributed by atoms with van der Waals surface area (Å²) in [6.07, 6.45) is 2.70. The van der Waals surface area contributed by atoms with E-state index in [1.54, 1.807) is 59.9 Å². The van der Waals surface area contributed by atoms with E-state index in [0.29, 0.717) is 237 Å². The Balaban J connectivity index is 1.16. The number of hydrogen-bond donors (Lipinski definition) is 3. The molecule has 5 amide bonds. The Labute approximate surface area is 613 Å². The number of benzene rings is 1. The molecule has 3 rings (SSSR count). The SMILES string of the molecule is COCCOCCOCCOCCOCCOCCOCCOCCOCCOCCOCCOCCOCCOCCOCCOCCOCCCc1cc(NC(=O)[C@H](C)NC(=O)[C@@H](CC(=O)CN2C(=O)[C@@H](N3C(=O)C=CC3=O)C[C@H]2COCCS(=O)(=O)O)C(C)C)ccc1COC(=O)C(C)(C)C. The first-order chi connectivity index (χ1) is 50.1. The van der Waals surface area contributed by atoms with E-state index in [1.165, 1.54) is 6.92 Å². The van der Waals surface area contributed by atoms with Crippen LogP contribution in [0.15, 0.2) is 30.4 Å². The summed E-state index contributed by atoms with van der Waals surface area (Å²) < 4.78 is 136. The second kappa shape index (κ2) is 57.9. The van der Waals surface area contributed by atoms with Crippen molar-refractivity contribution in [3.63, 3.8) is 0 Å². The maximum absolute atomic E-state index is 13.8. The fraction of sp³-hybridized carbons (Fsp3) is 0.786. The Hall–Kier alpha value is -5.16. The third kappa shape index (κ3) is 44.8. The highest BCUT2D eigenvalue weighted by Gasteiger charge is 2.47. The largest absolute Gasteiger partial charge is 0.460 e. The molecule has 3 N–H and O–H groups in total. The predicted octanol–water partition coefficient (Wildman–Crippen LogP) is 2.09. The van der Waals surface area contributed by atoms with Crippen LogP contribution in [0, 0.1) is 17.3 Å². The molecule has 0 saturated carbocycles. The summed E-state index contributed by atoms with van der Waals surface area (Å²) in [6.45, 7) is 24.1. The van der Waals surface area contributed by atoms with Crippen molar-refractivity contribution in [2.24, 2.45) is 17.3 Å². The van der Waals surface area contributed by atoms with Crippen LogP contribution in [0.2, 0.25) is 0 Å². The van der Waals surface area contributed by atoms with Gasteiger partial charge < -0.3 is 106 Å². The number of rotatable bonds is 69. The highest BCUT2D eigenvalue weighted by atomic mass is 32.2. The average molecular weight is 1510 g/mol. The lowest BCUT2D eigenvalue weighted by Crippen LogP contribution is -2.48. The zero-order valence-corrected chi connectivity index (χ0v) is 63.0. The second-order valence-corrected chi connectivity index (χ2v) is 26.7. The number of amides is 5. The number of methoxy groups -OCH3 is 1. The molecular weight excluding hydrogens is 1390 g/mol. The van der Waals surface area contributed by atoms with Crippen molar-refractivity contribution in [3.8, 4) is 0 Å². The molecule has 34 heteroatoms. The highest BCUT2D eigenvalue weighted by Crippen LogP contribution is 2.28.